The highest BCUT2D eigenvalue weighted by Crippen LogP contribution is 2.42. The highest BCUT2D eigenvalue weighted by molar-refractivity contribution is 6.47. The second-order valence-corrected chi connectivity index (χ2v) is 9.34. The fourth-order valence-electron chi connectivity index (χ4n) is 4.64. The number of likely N-dealkylation sites (tertiary alicyclic amines) is 1. The number of nitrogens with zero attached hydrogens (tertiary/aromatic N) is 1. The normalized spacial score (nSPS) is 17.2. The SMILES string of the molecule is COc1ccc(C(O)=C2C(=O)C(=O)N(CCc3c[nH]c4ccccc34)C2c2ccc(Cl)cc2Cl)cc1. The van der Waals surface area contributed by atoms with Gasteiger partial charge in [-0.2, -0.15) is 0 Å². The lowest BCUT2D eigenvalue weighted by molar-refractivity contribution is -0.139. The largest absolute Gasteiger partial charge is 0.507 e. The smallest absolute Gasteiger partial charge is 0.295 e. The van der Waals surface area contributed by atoms with Crippen LogP contribution in [0.15, 0.2) is 78.5 Å². The monoisotopic (exact) mass is 520 g/mol. The van der Waals surface area contributed by atoms with Crippen LogP contribution in [0.1, 0.15) is 22.7 Å². The number of carbonyl (C=O) groups excluding carboxylic acids is 2. The van der Waals surface area contributed by atoms with E-state index in [-0.39, 0.29) is 17.9 Å². The number of ketones is 1. The van der Waals surface area contributed by atoms with Crippen molar-refractivity contribution in [1.82, 2.24) is 9.88 Å². The molecule has 0 spiro atoms. The third kappa shape index (κ3) is 4.23. The van der Waals surface area contributed by atoms with Crippen LogP contribution < -0.4 is 4.74 Å². The Bertz CT molecular complexity index is 1510. The third-order valence-corrected chi connectivity index (χ3v) is 7.02. The van der Waals surface area contributed by atoms with E-state index in [4.69, 9.17) is 27.9 Å². The number of methoxy groups -OCH3 is 1. The maximum Gasteiger partial charge on any atom is 0.295 e. The Morgan fingerprint density at radius 2 is 1.81 bits per heavy atom. The molecule has 182 valence electrons. The summed E-state index contributed by atoms with van der Waals surface area (Å²) in [6, 6.07) is 18.5. The number of rotatable bonds is 6. The van der Waals surface area contributed by atoms with Crippen molar-refractivity contribution in [3.63, 3.8) is 0 Å². The number of fused-ring (bicyclic) bond motifs is 1. The number of halogens is 2. The van der Waals surface area contributed by atoms with E-state index in [2.05, 4.69) is 4.98 Å². The maximum absolute atomic E-state index is 13.3. The molecule has 1 unspecified atom stereocenters. The fraction of sp³-hybridized carbons (Fsp3) is 0.143. The van der Waals surface area contributed by atoms with E-state index in [1.807, 2.05) is 30.5 Å². The van der Waals surface area contributed by atoms with Gasteiger partial charge in [-0.05, 0) is 60.0 Å². The molecule has 1 amide bonds. The first kappa shape index (κ1) is 24.0. The second kappa shape index (κ2) is 9.72. The molecule has 8 heteroatoms. The molecule has 36 heavy (non-hydrogen) atoms. The molecule has 0 aliphatic carbocycles. The van der Waals surface area contributed by atoms with Gasteiger partial charge in [-0.3, -0.25) is 9.59 Å². The summed E-state index contributed by atoms with van der Waals surface area (Å²) in [5.41, 5.74) is 2.89. The zero-order valence-corrected chi connectivity index (χ0v) is 20.8. The van der Waals surface area contributed by atoms with Gasteiger partial charge in [0, 0.05) is 39.3 Å². The molecular formula is C28H22Cl2N2O4. The highest BCUT2D eigenvalue weighted by Gasteiger charge is 2.46. The van der Waals surface area contributed by atoms with Gasteiger partial charge < -0.3 is 19.7 Å². The van der Waals surface area contributed by atoms with Crippen LogP contribution in [0.4, 0.5) is 0 Å². The lowest BCUT2D eigenvalue weighted by atomic mass is 9.95. The van der Waals surface area contributed by atoms with E-state index >= 15 is 0 Å². The van der Waals surface area contributed by atoms with Crippen LogP contribution in [0.25, 0.3) is 16.7 Å². The molecule has 0 radical (unpaired) electrons. The van der Waals surface area contributed by atoms with Crippen LogP contribution in [0.3, 0.4) is 0 Å². The summed E-state index contributed by atoms with van der Waals surface area (Å²) in [5.74, 6) is -1.14. The predicted octanol–water partition coefficient (Wildman–Crippen LogP) is 6.15. The van der Waals surface area contributed by atoms with E-state index < -0.39 is 17.7 Å². The molecule has 0 bridgehead atoms. The quantitative estimate of drug-likeness (QED) is 0.181. The Hall–Kier alpha value is -3.74. The number of aromatic amines is 1. The van der Waals surface area contributed by atoms with Gasteiger partial charge in [0.15, 0.2) is 0 Å². The van der Waals surface area contributed by atoms with Crippen molar-refractivity contribution >= 4 is 51.6 Å². The molecule has 1 aromatic heterocycles. The summed E-state index contributed by atoms with van der Waals surface area (Å²) < 4.78 is 5.19. The van der Waals surface area contributed by atoms with Gasteiger partial charge in [0.2, 0.25) is 0 Å². The van der Waals surface area contributed by atoms with Crippen molar-refractivity contribution in [2.24, 2.45) is 0 Å². The van der Waals surface area contributed by atoms with Crippen molar-refractivity contribution in [3.8, 4) is 5.75 Å². The Kier molecular flexibility index (Phi) is 6.48. The number of benzene rings is 3. The minimum Gasteiger partial charge on any atom is -0.507 e. The minimum atomic E-state index is -0.873. The van der Waals surface area contributed by atoms with Gasteiger partial charge in [-0.25, -0.2) is 0 Å². The molecule has 0 saturated carbocycles. The molecule has 1 aliphatic rings. The Morgan fingerprint density at radius 3 is 2.53 bits per heavy atom. The molecule has 1 fully saturated rings. The van der Waals surface area contributed by atoms with Crippen molar-refractivity contribution in [2.75, 3.05) is 13.7 Å². The summed E-state index contributed by atoms with van der Waals surface area (Å²) in [4.78, 5) is 31.3. The van der Waals surface area contributed by atoms with Gasteiger partial charge in [0.1, 0.15) is 11.5 Å². The first-order valence-electron chi connectivity index (χ1n) is 11.3. The summed E-state index contributed by atoms with van der Waals surface area (Å²) in [6.07, 6.45) is 2.41. The van der Waals surface area contributed by atoms with Gasteiger partial charge in [0.05, 0.1) is 18.7 Å². The lowest BCUT2D eigenvalue weighted by Gasteiger charge is -2.26. The highest BCUT2D eigenvalue weighted by atomic mass is 35.5. The van der Waals surface area contributed by atoms with Crippen LogP contribution in [-0.4, -0.2) is 40.3 Å². The number of amides is 1. The number of hydrogen-bond donors (Lipinski definition) is 2. The fourth-order valence-corrected chi connectivity index (χ4v) is 5.15. The standard InChI is InChI=1S/C28H22Cl2N2O4/c1-36-19-9-6-16(7-10-19)26(33)24-25(21-11-8-18(29)14-22(21)30)32(28(35)27(24)34)13-12-17-15-31-23-5-3-2-4-20(17)23/h2-11,14-15,25,31,33H,12-13H2,1H3. The lowest BCUT2D eigenvalue weighted by Crippen LogP contribution is -2.31. The predicted molar refractivity (Wildman–Crippen MR) is 140 cm³/mol. The molecule has 2 N–H and O–H groups in total. The van der Waals surface area contributed by atoms with Gasteiger partial charge in [-0.15, -0.1) is 0 Å². The van der Waals surface area contributed by atoms with Gasteiger partial charge in [-0.1, -0.05) is 47.5 Å². The zero-order valence-electron chi connectivity index (χ0n) is 19.3. The van der Waals surface area contributed by atoms with Gasteiger partial charge in [0.25, 0.3) is 11.7 Å². The van der Waals surface area contributed by atoms with E-state index in [9.17, 15) is 14.7 Å². The second-order valence-electron chi connectivity index (χ2n) is 8.50. The Labute approximate surface area is 217 Å². The van der Waals surface area contributed by atoms with Gasteiger partial charge >= 0.3 is 0 Å². The number of Topliss-reactive ketones (excluding diaryl/α,β-unsaturated/α-hetero) is 1. The molecular weight excluding hydrogens is 499 g/mol. The van der Waals surface area contributed by atoms with Crippen LogP contribution in [0, 0.1) is 0 Å². The van der Waals surface area contributed by atoms with Crippen LogP contribution >= 0.6 is 23.2 Å². The van der Waals surface area contributed by atoms with Crippen molar-refractivity contribution in [2.45, 2.75) is 12.5 Å². The van der Waals surface area contributed by atoms with E-state index in [0.717, 1.165) is 16.5 Å². The number of nitrogens with one attached hydrogen (secondary N) is 1. The number of H-pyrrole nitrogens is 1. The number of aliphatic hydroxyl groups excluding tert-OH is 1. The zero-order chi connectivity index (χ0) is 25.4. The first-order valence-corrected chi connectivity index (χ1v) is 12.1. The molecule has 4 aromatic rings. The Morgan fingerprint density at radius 1 is 1.06 bits per heavy atom. The van der Waals surface area contributed by atoms with Crippen LogP contribution in [0.2, 0.25) is 10.0 Å². The summed E-state index contributed by atoms with van der Waals surface area (Å²) in [6.45, 7) is 0.245. The number of carbonyl (C=O) groups is 2. The average molecular weight is 521 g/mol. The maximum atomic E-state index is 13.3. The summed E-state index contributed by atoms with van der Waals surface area (Å²) >= 11 is 12.7. The van der Waals surface area contributed by atoms with Crippen molar-refractivity contribution in [1.29, 1.82) is 0 Å². The summed E-state index contributed by atoms with van der Waals surface area (Å²) in [5, 5.41) is 13.0. The molecule has 1 saturated heterocycles. The molecule has 5 rings (SSSR count). The molecule has 2 heterocycles. The molecule has 1 aliphatic heterocycles. The average Bonchev–Trinajstić information content (AvgIpc) is 3.41. The minimum absolute atomic E-state index is 0.0201. The van der Waals surface area contributed by atoms with Crippen molar-refractivity contribution in [3.05, 3.63) is 105 Å². The first-order chi connectivity index (χ1) is 17.4. The van der Waals surface area contributed by atoms with E-state index in [1.54, 1.807) is 42.5 Å². The molecule has 6 nitrogen and oxygen atoms in total. The third-order valence-electron chi connectivity index (χ3n) is 6.46. The van der Waals surface area contributed by atoms with Crippen LogP contribution in [0.5, 0.6) is 5.75 Å². The van der Waals surface area contributed by atoms with Crippen LogP contribution in [-0.2, 0) is 16.0 Å². The van der Waals surface area contributed by atoms with E-state index in [1.165, 1.54) is 12.0 Å². The molecule has 3 aromatic carbocycles. The van der Waals surface area contributed by atoms with Crippen molar-refractivity contribution < 1.29 is 19.4 Å². The topological polar surface area (TPSA) is 82.6 Å². The number of aliphatic hydroxyl groups is 1. The number of hydrogen-bond acceptors (Lipinski definition) is 4. The molecule has 1 atom stereocenters. The number of aromatic nitrogens is 1. The number of ether oxygens (including phenoxy) is 1. The number of para-hydroxylation sites is 1. The van der Waals surface area contributed by atoms with E-state index in [0.29, 0.717) is 33.3 Å². The summed E-state index contributed by atoms with van der Waals surface area (Å²) in [7, 11) is 1.54. The Balaban J connectivity index is 1.58.